The van der Waals surface area contributed by atoms with Gasteiger partial charge >= 0.3 is 0 Å². The molecule has 0 bridgehead atoms. The first-order chi connectivity index (χ1) is 11.3. The first-order valence-electron chi connectivity index (χ1n) is 8.38. The molecule has 1 aromatic carbocycles. The summed E-state index contributed by atoms with van der Waals surface area (Å²) >= 11 is 0. The Morgan fingerprint density at radius 2 is 1.79 bits per heavy atom. The second-order valence-corrected chi connectivity index (χ2v) is 6.53. The van der Waals surface area contributed by atoms with Gasteiger partial charge in [-0.3, -0.25) is 9.79 Å². The fraction of sp³-hybridized carbons (Fsp3) is 0.556. The van der Waals surface area contributed by atoms with Crippen molar-refractivity contribution < 1.29 is 9.18 Å². The van der Waals surface area contributed by atoms with Gasteiger partial charge in [0.15, 0.2) is 5.96 Å². The van der Waals surface area contributed by atoms with Crippen molar-refractivity contribution in [3.05, 3.63) is 35.6 Å². The summed E-state index contributed by atoms with van der Waals surface area (Å²) in [5.74, 6) is 0.486. The molecule has 0 saturated carbocycles. The van der Waals surface area contributed by atoms with E-state index in [1.165, 1.54) is 6.07 Å². The lowest BCUT2D eigenvalue weighted by molar-refractivity contribution is -0.128. The van der Waals surface area contributed by atoms with E-state index in [9.17, 15) is 9.18 Å². The summed E-state index contributed by atoms with van der Waals surface area (Å²) in [6.07, 6.45) is 0.546. The summed E-state index contributed by atoms with van der Waals surface area (Å²) in [5.41, 5.74) is 0.271. The van der Waals surface area contributed by atoms with Gasteiger partial charge in [-0.1, -0.05) is 39.0 Å². The van der Waals surface area contributed by atoms with E-state index in [1.807, 2.05) is 33.8 Å². The first-order valence-corrected chi connectivity index (χ1v) is 8.38. The zero-order chi connectivity index (χ0) is 18.0. The van der Waals surface area contributed by atoms with Gasteiger partial charge in [-0.2, -0.15) is 0 Å². The number of aliphatic imine (C=N–C) groups is 1. The third-order valence-electron chi connectivity index (χ3n) is 3.34. The number of carbonyl (C=O) groups is 1. The fourth-order valence-corrected chi connectivity index (χ4v) is 1.95. The third-order valence-corrected chi connectivity index (χ3v) is 3.34. The molecule has 24 heavy (non-hydrogen) atoms. The summed E-state index contributed by atoms with van der Waals surface area (Å²) in [6.45, 7) is 9.94. The number of nitrogens with zero attached hydrogens (tertiary/aromatic N) is 1. The second-order valence-electron chi connectivity index (χ2n) is 6.53. The van der Waals surface area contributed by atoms with Crippen LogP contribution in [0.1, 0.15) is 33.3 Å². The van der Waals surface area contributed by atoms with Crippen molar-refractivity contribution in [2.75, 3.05) is 26.2 Å². The Morgan fingerprint density at radius 3 is 2.42 bits per heavy atom. The number of nitrogens with one attached hydrogen (secondary N) is 3. The molecule has 1 rings (SSSR count). The molecule has 1 aromatic rings. The van der Waals surface area contributed by atoms with Crippen molar-refractivity contribution in [2.24, 2.45) is 10.4 Å². The van der Waals surface area contributed by atoms with Crippen LogP contribution < -0.4 is 16.0 Å². The molecule has 0 aliphatic carbocycles. The molecule has 0 aromatic heterocycles. The molecule has 134 valence electrons. The van der Waals surface area contributed by atoms with Gasteiger partial charge in [-0.05, 0) is 25.0 Å². The minimum atomic E-state index is -0.391. The second kappa shape index (κ2) is 9.90. The molecule has 0 unspecified atom stereocenters. The smallest absolute Gasteiger partial charge is 0.225 e. The van der Waals surface area contributed by atoms with Crippen LogP contribution in [0.3, 0.4) is 0 Å². The van der Waals surface area contributed by atoms with E-state index in [0.717, 1.165) is 6.54 Å². The summed E-state index contributed by atoms with van der Waals surface area (Å²) in [5, 5.41) is 9.17. The maximum Gasteiger partial charge on any atom is 0.225 e. The number of guanidine groups is 1. The Bertz CT molecular complexity index is 552. The Labute approximate surface area is 144 Å². The minimum absolute atomic E-state index is 0.0193. The third kappa shape index (κ3) is 7.44. The van der Waals surface area contributed by atoms with Crippen LogP contribution in [0, 0.1) is 11.2 Å². The highest BCUT2D eigenvalue weighted by Gasteiger charge is 2.20. The van der Waals surface area contributed by atoms with E-state index in [0.29, 0.717) is 37.6 Å². The Balaban J connectivity index is 2.40. The average molecular weight is 336 g/mol. The maximum absolute atomic E-state index is 13.6. The zero-order valence-corrected chi connectivity index (χ0v) is 15.1. The summed E-state index contributed by atoms with van der Waals surface area (Å²) in [4.78, 5) is 16.2. The normalized spacial score (nSPS) is 12.0. The van der Waals surface area contributed by atoms with Crippen molar-refractivity contribution in [1.82, 2.24) is 16.0 Å². The van der Waals surface area contributed by atoms with Gasteiger partial charge in [0.1, 0.15) is 5.82 Å². The van der Waals surface area contributed by atoms with Gasteiger partial charge in [-0.25, -0.2) is 4.39 Å². The summed E-state index contributed by atoms with van der Waals surface area (Å²) in [6, 6.07) is 6.73. The number of carbonyl (C=O) groups excluding carboxylic acids is 1. The predicted octanol–water partition coefficient (Wildman–Crippen LogP) is 2.09. The Hall–Kier alpha value is -2.11. The highest BCUT2D eigenvalue weighted by molar-refractivity contribution is 5.81. The number of rotatable bonds is 7. The van der Waals surface area contributed by atoms with Gasteiger partial charge in [0.25, 0.3) is 0 Å². The van der Waals surface area contributed by atoms with Crippen LogP contribution in [-0.4, -0.2) is 38.0 Å². The highest BCUT2D eigenvalue weighted by atomic mass is 19.1. The lowest BCUT2D eigenvalue weighted by atomic mass is 9.96. The molecule has 0 spiro atoms. The molecule has 0 aliphatic heterocycles. The standard InChI is InChI=1S/C18H29FN4O/c1-5-20-17(23-13-12-21-16(24)18(2,3)4)22-11-10-14-8-6-7-9-15(14)19/h6-9H,5,10-13H2,1-4H3,(H,21,24)(H2,20,22,23). The lowest BCUT2D eigenvalue weighted by Gasteiger charge is -2.18. The van der Waals surface area contributed by atoms with E-state index < -0.39 is 5.41 Å². The zero-order valence-electron chi connectivity index (χ0n) is 15.1. The molecule has 6 heteroatoms. The molecule has 0 radical (unpaired) electrons. The molecule has 0 heterocycles. The van der Waals surface area contributed by atoms with E-state index >= 15 is 0 Å². The molecular weight excluding hydrogens is 307 g/mol. The van der Waals surface area contributed by atoms with Gasteiger partial charge in [0.05, 0.1) is 0 Å². The first kappa shape index (κ1) is 19.9. The minimum Gasteiger partial charge on any atom is -0.357 e. The topological polar surface area (TPSA) is 65.5 Å². The van der Waals surface area contributed by atoms with Crippen LogP contribution in [0.4, 0.5) is 4.39 Å². The van der Waals surface area contributed by atoms with Crippen LogP contribution in [-0.2, 0) is 11.2 Å². The van der Waals surface area contributed by atoms with Crippen molar-refractivity contribution in [3.63, 3.8) is 0 Å². The van der Waals surface area contributed by atoms with Crippen molar-refractivity contribution in [2.45, 2.75) is 34.1 Å². The highest BCUT2D eigenvalue weighted by Crippen LogP contribution is 2.11. The van der Waals surface area contributed by atoms with Crippen LogP contribution in [0.25, 0.3) is 0 Å². The van der Waals surface area contributed by atoms with Gasteiger partial charge in [0, 0.05) is 31.6 Å². The van der Waals surface area contributed by atoms with Crippen LogP contribution in [0.15, 0.2) is 29.3 Å². The number of amides is 1. The molecule has 1 amide bonds. The molecular formula is C18H29FN4O. The molecule has 0 saturated heterocycles. The van der Waals surface area contributed by atoms with Crippen LogP contribution in [0.5, 0.6) is 0 Å². The number of hydrogen-bond donors (Lipinski definition) is 3. The fourth-order valence-electron chi connectivity index (χ4n) is 1.95. The number of benzene rings is 1. The van der Waals surface area contributed by atoms with Gasteiger partial charge in [0.2, 0.25) is 5.91 Å². The molecule has 0 aliphatic rings. The van der Waals surface area contributed by atoms with E-state index in [2.05, 4.69) is 20.9 Å². The summed E-state index contributed by atoms with van der Waals surface area (Å²) in [7, 11) is 0. The van der Waals surface area contributed by atoms with Crippen molar-refractivity contribution in [3.8, 4) is 0 Å². The summed E-state index contributed by atoms with van der Waals surface area (Å²) < 4.78 is 13.6. The quantitative estimate of drug-likeness (QED) is 0.406. The van der Waals surface area contributed by atoms with E-state index in [4.69, 9.17) is 0 Å². The van der Waals surface area contributed by atoms with Crippen LogP contribution >= 0.6 is 0 Å². The number of hydrogen-bond acceptors (Lipinski definition) is 2. The van der Waals surface area contributed by atoms with Gasteiger partial charge < -0.3 is 16.0 Å². The van der Waals surface area contributed by atoms with Crippen molar-refractivity contribution >= 4 is 11.9 Å². The lowest BCUT2D eigenvalue weighted by Crippen LogP contribution is -2.43. The van der Waals surface area contributed by atoms with Crippen molar-refractivity contribution in [1.29, 1.82) is 0 Å². The van der Waals surface area contributed by atoms with Gasteiger partial charge in [-0.15, -0.1) is 0 Å². The Kier molecular flexibility index (Phi) is 8.22. The Morgan fingerprint density at radius 1 is 1.12 bits per heavy atom. The average Bonchev–Trinajstić information content (AvgIpc) is 2.52. The van der Waals surface area contributed by atoms with E-state index in [-0.39, 0.29) is 11.7 Å². The van der Waals surface area contributed by atoms with E-state index in [1.54, 1.807) is 12.1 Å². The molecule has 5 nitrogen and oxygen atoms in total. The number of halogens is 1. The largest absolute Gasteiger partial charge is 0.357 e. The molecule has 3 N–H and O–H groups in total. The molecule has 0 atom stereocenters. The van der Waals surface area contributed by atoms with Crippen LogP contribution in [0.2, 0.25) is 0 Å². The predicted molar refractivity (Wildman–Crippen MR) is 96.6 cm³/mol. The SMILES string of the molecule is CCNC(=NCCc1ccccc1F)NCCNC(=O)C(C)(C)C. The molecule has 0 fully saturated rings. The maximum atomic E-state index is 13.6. The monoisotopic (exact) mass is 336 g/mol.